The van der Waals surface area contributed by atoms with Crippen molar-refractivity contribution >= 4 is 74.4 Å². The third-order valence-corrected chi connectivity index (χ3v) is 9.71. The molecule has 0 unspecified atom stereocenters. The minimum Gasteiger partial charge on any atom is -0.207 e. The molecule has 0 atom stereocenters. The van der Waals surface area contributed by atoms with E-state index >= 15 is 17.6 Å². The summed E-state index contributed by atoms with van der Waals surface area (Å²) in [5, 5.41) is -9.69. The lowest BCUT2D eigenvalue weighted by atomic mass is 9.12. The highest BCUT2D eigenvalue weighted by atomic mass is 127. The molecule has 276 valence electrons. The highest BCUT2D eigenvalue weighted by Crippen LogP contribution is 2.35. The first-order valence-electron chi connectivity index (χ1n) is 13.0. The Bertz CT molecular complexity index is 1890. The molecular weight excluding hydrogens is 944 g/mol. The third kappa shape index (κ3) is 6.34. The predicted molar refractivity (Wildman–Crippen MR) is 156 cm³/mol. The standard InChI is InChI=1S/C24BCl4F16.C6H6I/c26-5-1(9(30)17(38)21(42)13(5)34)25(2-6(27)14(35)22(43)18(39)10(2)31,3-7(28)15(36)23(44)19(40)11(3)32)4-8(29)16(37)24(45)20(41)12(4)33;7-6-4-2-1-3-5-6/h;1-5,7H/q-1;+1. The summed E-state index contributed by atoms with van der Waals surface area (Å²) < 4.78 is 239. The van der Waals surface area contributed by atoms with Gasteiger partial charge in [-0.3, -0.25) is 0 Å². The largest absolute Gasteiger partial charge is 0.296 e. The van der Waals surface area contributed by atoms with Crippen molar-refractivity contribution in [1.82, 2.24) is 0 Å². The van der Waals surface area contributed by atoms with Crippen LogP contribution in [-0.4, -0.2) is 6.15 Å². The summed E-state index contributed by atoms with van der Waals surface area (Å²) in [5.74, 6) is -48.3. The minimum absolute atomic E-state index is 1.33. The molecule has 0 aromatic heterocycles. The normalized spacial score (nSPS) is 11.6. The number of benzene rings is 5. The van der Waals surface area contributed by atoms with E-state index in [-0.39, 0.29) is 0 Å². The molecule has 0 amide bonds. The molecule has 0 aliphatic carbocycles. The summed E-state index contributed by atoms with van der Waals surface area (Å²) >= 11 is 24.3. The Morgan fingerprint density at radius 3 is 0.673 bits per heavy atom. The van der Waals surface area contributed by atoms with E-state index in [9.17, 15) is 52.7 Å². The molecule has 22 heteroatoms. The van der Waals surface area contributed by atoms with Crippen LogP contribution in [0.5, 0.6) is 0 Å². The number of hydrogen-bond donors (Lipinski definition) is 0. The first kappa shape index (κ1) is 41.7. The van der Waals surface area contributed by atoms with E-state index < -0.39 is 141 Å². The summed E-state index contributed by atoms with van der Waals surface area (Å²) in [6, 6.07) is 10.3. The third-order valence-electron chi connectivity index (χ3n) is 7.45. The van der Waals surface area contributed by atoms with Gasteiger partial charge in [0.1, 0.15) is 29.4 Å². The quantitative estimate of drug-likeness (QED) is 0.0679. The Morgan fingerprint density at radius 1 is 0.308 bits per heavy atom. The van der Waals surface area contributed by atoms with Crippen molar-refractivity contribution in [3.05, 3.63) is 147 Å². The van der Waals surface area contributed by atoms with Gasteiger partial charge < -0.3 is 0 Å². The highest BCUT2D eigenvalue weighted by molar-refractivity contribution is 7.22. The van der Waals surface area contributed by atoms with Crippen molar-refractivity contribution in [1.29, 1.82) is 0 Å². The summed E-state index contributed by atoms with van der Waals surface area (Å²) in [6.07, 6.45) is -6.24. The predicted octanol–water partition coefficient (Wildman–Crippen LogP) is 6.05. The van der Waals surface area contributed by atoms with Crippen LogP contribution in [0.15, 0.2) is 30.3 Å². The van der Waals surface area contributed by atoms with Gasteiger partial charge in [0, 0.05) is 20.1 Å². The SMILES string of the molecule is Fc1c(F)c(F)c([B-](c2c(F)c(F)c(F)c(F)c2Cl)(c2c(F)c(F)c(F)c(F)c2Cl)c2c(F)c(F)c(F)c(F)c2Cl)c(Cl)c1F.[IH+]c1ccccc1. The summed E-state index contributed by atoms with van der Waals surface area (Å²) in [7, 11) is 0. The zero-order valence-electron chi connectivity index (χ0n) is 23.9. The maximum Gasteiger partial charge on any atom is 0.296 e. The Balaban J connectivity index is 0.000000771. The molecule has 52 heavy (non-hydrogen) atoms. The van der Waals surface area contributed by atoms with E-state index in [1.807, 2.05) is 40.8 Å². The summed E-state index contributed by atoms with van der Waals surface area (Å²) in [4.78, 5) is 0. The van der Waals surface area contributed by atoms with Gasteiger partial charge in [0.2, 0.25) is 0 Å². The fraction of sp³-hybridized carbons (Fsp3) is 0. The molecule has 5 rings (SSSR count). The molecule has 0 heterocycles. The second-order valence-corrected chi connectivity index (χ2v) is 13.0. The van der Waals surface area contributed by atoms with Gasteiger partial charge in [0.25, 0.3) is 22.6 Å². The molecule has 5 aromatic carbocycles. The summed E-state index contributed by atoms with van der Waals surface area (Å²) in [6.45, 7) is 0. The smallest absolute Gasteiger partial charge is 0.207 e. The summed E-state index contributed by atoms with van der Waals surface area (Å²) in [5.41, 5.74) is -10.7. The Labute approximate surface area is 312 Å². The lowest BCUT2D eigenvalue weighted by Crippen LogP contribution is -3.34. The van der Waals surface area contributed by atoms with E-state index in [1.54, 1.807) is 0 Å². The van der Waals surface area contributed by atoms with Gasteiger partial charge in [-0.1, -0.05) is 64.6 Å². The zero-order valence-corrected chi connectivity index (χ0v) is 29.3. The van der Waals surface area contributed by atoms with Crippen molar-refractivity contribution in [3.63, 3.8) is 0 Å². The number of hydrogen-bond acceptors (Lipinski definition) is 0. The Morgan fingerprint density at radius 2 is 0.500 bits per heavy atom. The van der Waals surface area contributed by atoms with Gasteiger partial charge in [0.15, 0.2) is 73.4 Å². The van der Waals surface area contributed by atoms with Gasteiger partial charge in [-0.05, 0) is 12.1 Å². The number of halogens is 21. The van der Waals surface area contributed by atoms with Crippen LogP contribution >= 0.6 is 46.4 Å². The van der Waals surface area contributed by atoms with E-state index in [0.717, 1.165) is 0 Å². The van der Waals surface area contributed by atoms with Crippen LogP contribution in [0.1, 0.15) is 0 Å². The molecule has 0 aliphatic rings. The fourth-order valence-electron chi connectivity index (χ4n) is 5.29. The molecule has 5 aromatic rings. The molecule has 0 spiro atoms. The van der Waals surface area contributed by atoms with Crippen LogP contribution in [0.2, 0.25) is 20.1 Å². The van der Waals surface area contributed by atoms with Crippen LogP contribution in [0.25, 0.3) is 0 Å². The molecule has 0 fully saturated rings. The van der Waals surface area contributed by atoms with Crippen LogP contribution in [0.3, 0.4) is 0 Å². The molecule has 0 N–H and O–H groups in total. The van der Waals surface area contributed by atoms with Gasteiger partial charge in [-0.25, -0.2) is 70.2 Å². The van der Waals surface area contributed by atoms with E-state index in [1.165, 1.54) is 3.57 Å². The fourth-order valence-corrected chi connectivity index (χ4v) is 7.06. The topological polar surface area (TPSA) is 0 Å². The first-order valence-corrected chi connectivity index (χ1v) is 15.7. The Hall–Kier alpha value is -3.07. The molecule has 0 aliphatic heterocycles. The van der Waals surface area contributed by atoms with Crippen LogP contribution in [-0.2, 0) is 0 Å². The van der Waals surface area contributed by atoms with Gasteiger partial charge in [-0.15, -0.1) is 21.9 Å². The van der Waals surface area contributed by atoms with Crippen molar-refractivity contribution in [2.24, 2.45) is 0 Å². The van der Waals surface area contributed by atoms with Gasteiger partial charge >= 0.3 is 0 Å². The second kappa shape index (κ2) is 15.4. The maximum absolute atomic E-state index is 15.8. The van der Waals surface area contributed by atoms with Crippen molar-refractivity contribution in [2.45, 2.75) is 0 Å². The maximum atomic E-state index is 15.8. The minimum atomic E-state index is -6.24. The lowest BCUT2D eigenvalue weighted by Gasteiger charge is -2.46. The second-order valence-electron chi connectivity index (χ2n) is 10.1. The molecule has 0 bridgehead atoms. The molecular formula is C30H6BCl4F16I. The first-order chi connectivity index (χ1) is 24.1. The lowest BCUT2D eigenvalue weighted by molar-refractivity contribution is -0.328. The Kier molecular flexibility index (Phi) is 12.3. The van der Waals surface area contributed by atoms with Crippen LogP contribution in [0.4, 0.5) is 70.2 Å². The molecule has 0 nitrogen and oxygen atoms in total. The molecule has 0 saturated carbocycles. The zero-order chi connectivity index (χ0) is 39.5. The van der Waals surface area contributed by atoms with Crippen molar-refractivity contribution in [3.8, 4) is 0 Å². The van der Waals surface area contributed by atoms with Crippen LogP contribution in [0, 0.1) is 96.6 Å². The highest BCUT2D eigenvalue weighted by Gasteiger charge is 2.50. The average molecular weight is 950 g/mol. The monoisotopic (exact) mass is 948 g/mol. The van der Waals surface area contributed by atoms with Crippen molar-refractivity contribution in [2.75, 3.05) is 0 Å². The number of rotatable bonds is 4. The van der Waals surface area contributed by atoms with E-state index in [0.29, 0.717) is 0 Å². The van der Waals surface area contributed by atoms with E-state index in [2.05, 4.69) is 12.1 Å². The van der Waals surface area contributed by atoms with Crippen molar-refractivity contribution < 1.29 is 92.8 Å². The van der Waals surface area contributed by atoms with Crippen LogP contribution < -0.4 is 44.4 Å². The molecule has 0 saturated heterocycles. The average Bonchev–Trinajstić information content (AvgIpc) is 3.12. The van der Waals surface area contributed by atoms with Gasteiger partial charge in [-0.2, -0.15) is 0 Å². The van der Waals surface area contributed by atoms with E-state index in [4.69, 9.17) is 46.4 Å². The van der Waals surface area contributed by atoms with Gasteiger partial charge in [0.05, 0.1) is 0 Å². The molecule has 0 radical (unpaired) electrons.